The first-order chi connectivity index (χ1) is 8.57. The smallest absolute Gasteiger partial charge is 0.312 e. The van der Waals surface area contributed by atoms with Gasteiger partial charge in [-0.1, -0.05) is 0 Å². The number of hydrogen-bond donors (Lipinski definition) is 1. The molecule has 1 atom stereocenters. The molecule has 1 saturated heterocycles. The van der Waals surface area contributed by atoms with E-state index in [1.54, 1.807) is 0 Å². The first-order valence-corrected chi connectivity index (χ1v) is 6.42. The van der Waals surface area contributed by atoms with E-state index in [4.69, 9.17) is 4.74 Å². The van der Waals surface area contributed by atoms with E-state index < -0.39 is 11.4 Å². The summed E-state index contributed by atoms with van der Waals surface area (Å²) >= 11 is 0. The molecule has 5 nitrogen and oxygen atoms in total. The Bertz CT molecular complexity index is 433. The largest absolute Gasteiger partial charge is 0.481 e. The molecule has 0 saturated carbocycles. The van der Waals surface area contributed by atoms with Crippen molar-refractivity contribution in [3.05, 3.63) is 17.5 Å². The van der Waals surface area contributed by atoms with Crippen LogP contribution in [-0.2, 0) is 22.5 Å². The van der Waals surface area contributed by atoms with Crippen molar-refractivity contribution in [1.82, 2.24) is 9.78 Å². The Morgan fingerprint density at radius 2 is 2.44 bits per heavy atom. The summed E-state index contributed by atoms with van der Waals surface area (Å²) in [7, 11) is 0. The van der Waals surface area contributed by atoms with Gasteiger partial charge >= 0.3 is 5.97 Å². The number of rotatable bonds is 4. The van der Waals surface area contributed by atoms with Crippen LogP contribution in [0.3, 0.4) is 0 Å². The SMILES string of the molecule is CCn1nc(C)cc1CC1(C(=O)O)CCCOC1. The molecule has 1 unspecified atom stereocenters. The first kappa shape index (κ1) is 13.1. The zero-order valence-electron chi connectivity index (χ0n) is 11.0. The predicted molar refractivity (Wildman–Crippen MR) is 66.5 cm³/mol. The van der Waals surface area contributed by atoms with E-state index in [1.807, 2.05) is 24.6 Å². The minimum absolute atomic E-state index is 0.302. The van der Waals surface area contributed by atoms with E-state index in [-0.39, 0.29) is 0 Å². The van der Waals surface area contributed by atoms with Gasteiger partial charge in [-0.25, -0.2) is 0 Å². The van der Waals surface area contributed by atoms with Crippen molar-refractivity contribution >= 4 is 5.97 Å². The van der Waals surface area contributed by atoms with Crippen molar-refractivity contribution in [3.8, 4) is 0 Å². The molecule has 1 aliphatic heterocycles. The highest BCUT2D eigenvalue weighted by Crippen LogP contribution is 2.33. The Labute approximate surface area is 107 Å². The van der Waals surface area contributed by atoms with Gasteiger partial charge in [-0.3, -0.25) is 9.48 Å². The van der Waals surface area contributed by atoms with Crippen LogP contribution < -0.4 is 0 Å². The van der Waals surface area contributed by atoms with Crippen molar-refractivity contribution < 1.29 is 14.6 Å². The van der Waals surface area contributed by atoms with Crippen LogP contribution in [0.4, 0.5) is 0 Å². The summed E-state index contributed by atoms with van der Waals surface area (Å²) < 4.78 is 7.27. The fourth-order valence-electron chi connectivity index (χ4n) is 2.60. The molecule has 1 aliphatic rings. The van der Waals surface area contributed by atoms with E-state index in [0.29, 0.717) is 26.1 Å². The molecule has 1 aromatic heterocycles. The third kappa shape index (κ3) is 2.41. The summed E-state index contributed by atoms with van der Waals surface area (Å²) in [5.74, 6) is -0.760. The van der Waals surface area contributed by atoms with Crippen molar-refractivity contribution in [3.63, 3.8) is 0 Å². The van der Waals surface area contributed by atoms with Gasteiger partial charge in [-0.2, -0.15) is 5.10 Å². The molecule has 18 heavy (non-hydrogen) atoms. The number of aryl methyl sites for hydroxylation is 2. The molecule has 0 aliphatic carbocycles. The number of aliphatic carboxylic acids is 1. The molecule has 0 spiro atoms. The molecule has 0 bridgehead atoms. The number of nitrogens with zero attached hydrogens (tertiary/aromatic N) is 2. The standard InChI is InChI=1S/C13H20N2O3/c1-3-15-11(7-10(2)14-15)8-13(12(16)17)5-4-6-18-9-13/h7H,3-6,8-9H2,1-2H3,(H,16,17). The van der Waals surface area contributed by atoms with Crippen molar-refractivity contribution in [1.29, 1.82) is 0 Å². The molecule has 5 heteroatoms. The van der Waals surface area contributed by atoms with Gasteiger partial charge in [0.25, 0.3) is 0 Å². The molecule has 1 aromatic rings. The van der Waals surface area contributed by atoms with Gasteiger partial charge in [0.15, 0.2) is 0 Å². The highest BCUT2D eigenvalue weighted by atomic mass is 16.5. The average Bonchev–Trinajstić information content (AvgIpc) is 2.70. The van der Waals surface area contributed by atoms with E-state index in [9.17, 15) is 9.90 Å². The number of carboxylic acid groups (broad SMARTS) is 1. The van der Waals surface area contributed by atoms with Crippen LogP contribution in [0.25, 0.3) is 0 Å². The normalized spacial score (nSPS) is 24.1. The Morgan fingerprint density at radius 3 is 3.00 bits per heavy atom. The Kier molecular flexibility index (Phi) is 3.71. The highest BCUT2D eigenvalue weighted by molar-refractivity contribution is 5.75. The fourth-order valence-corrected chi connectivity index (χ4v) is 2.60. The lowest BCUT2D eigenvalue weighted by Gasteiger charge is -2.33. The van der Waals surface area contributed by atoms with E-state index in [0.717, 1.165) is 24.4 Å². The van der Waals surface area contributed by atoms with Crippen LogP contribution in [0.1, 0.15) is 31.2 Å². The van der Waals surface area contributed by atoms with Gasteiger partial charge in [0, 0.05) is 25.3 Å². The van der Waals surface area contributed by atoms with E-state index >= 15 is 0 Å². The summed E-state index contributed by atoms with van der Waals surface area (Å²) in [4.78, 5) is 11.6. The minimum atomic E-state index is -0.780. The lowest BCUT2D eigenvalue weighted by Crippen LogP contribution is -2.41. The quantitative estimate of drug-likeness (QED) is 0.884. The maximum atomic E-state index is 11.6. The number of aromatic nitrogens is 2. The summed E-state index contributed by atoms with van der Waals surface area (Å²) in [6.45, 7) is 5.68. The summed E-state index contributed by atoms with van der Waals surface area (Å²) in [5.41, 5.74) is 1.14. The van der Waals surface area contributed by atoms with E-state index in [1.165, 1.54) is 0 Å². The van der Waals surface area contributed by atoms with Crippen LogP contribution in [-0.4, -0.2) is 34.1 Å². The van der Waals surface area contributed by atoms with Crippen molar-refractivity contribution in [2.24, 2.45) is 5.41 Å². The van der Waals surface area contributed by atoms with Crippen molar-refractivity contribution in [2.75, 3.05) is 13.2 Å². The zero-order valence-corrected chi connectivity index (χ0v) is 11.0. The molecule has 0 aromatic carbocycles. The van der Waals surface area contributed by atoms with Gasteiger partial charge in [-0.05, 0) is 32.8 Å². The summed E-state index contributed by atoms with van der Waals surface area (Å²) in [5, 5.41) is 13.9. The molecule has 100 valence electrons. The Morgan fingerprint density at radius 1 is 1.67 bits per heavy atom. The second-order valence-corrected chi connectivity index (χ2v) is 5.01. The zero-order chi connectivity index (χ0) is 13.2. The van der Waals surface area contributed by atoms with Gasteiger partial charge in [0.2, 0.25) is 0 Å². The third-order valence-electron chi connectivity index (χ3n) is 3.58. The molecular weight excluding hydrogens is 232 g/mol. The molecule has 0 amide bonds. The van der Waals surface area contributed by atoms with Gasteiger partial charge < -0.3 is 9.84 Å². The van der Waals surface area contributed by atoms with Crippen LogP contribution >= 0.6 is 0 Å². The van der Waals surface area contributed by atoms with Gasteiger partial charge in [0.05, 0.1) is 17.7 Å². The number of carboxylic acids is 1. The van der Waals surface area contributed by atoms with Crippen LogP contribution in [0.5, 0.6) is 0 Å². The Balaban J connectivity index is 2.25. The van der Waals surface area contributed by atoms with Crippen LogP contribution in [0.2, 0.25) is 0 Å². The van der Waals surface area contributed by atoms with Gasteiger partial charge in [-0.15, -0.1) is 0 Å². The minimum Gasteiger partial charge on any atom is -0.481 e. The molecule has 2 heterocycles. The first-order valence-electron chi connectivity index (χ1n) is 6.42. The van der Waals surface area contributed by atoms with Crippen LogP contribution in [0, 0.1) is 12.3 Å². The van der Waals surface area contributed by atoms with Crippen molar-refractivity contribution in [2.45, 2.75) is 39.7 Å². The second-order valence-electron chi connectivity index (χ2n) is 5.01. The molecule has 0 radical (unpaired) electrons. The Hall–Kier alpha value is -1.36. The fraction of sp³-hybridized carbons (Fsp3) is 0.692. The average molecular weight is 252 g/mol. The maximum Gasteiger partial charge on any atom is 0.312 e. The lowest BCUT2D eigenvalue weighted by atomic mass is 9.78. The number of carbonyl (C=O) groups is 1. The molecular formula is C13H20N2O3. The summed E-state index contributed by atoms with van der Waals surface area (Å²) in [6, 6.07) is 1.97. The monoisotopic (exact) mass is 252 g/mol. The maximum absolute atomic E-state index is 11.6. The summed E-state index contributed by atoms with van der Waals surface area (Å²) in [6.07, 6.45) is 1.98. The lowest BCUT2D eigenvalue weighted by molar-refractivity contribution is -0.157. The predicted octanol–water partition coefficient (Wildman–Crippen LogP) is 1.64. The third-order valence-corrected chi connectivity index (χ3v) is 3.58. The highest BCUT2D eigenvalue weighted by Gasteiger charge is 2.41. The molecule has 2 rings (SSSR count). The molecule has 1 N–H and O–H groups in total. The van der Waals surface area contributed by atoms with Gasteiger partial charge in [0.1, 0.15) is 0 Å². The molecule has 1 fully saturated rings. The second kappa shape index (κ2) is 5.10. The topological polar surface area (TPSA) is 64.4 Å². The number of hydrogen-bond acceptors (Lipinski definition) is 3. The van der Waals surface area contributed by atoms with Crippen LogP contribution in [0.15, 0.2) is 6.07 Å². The number of ether oxygens (including phenoxy) is 1. The van der Waals surface area contributed by atoms with E-state index in [2.05, 4.69) is 5.10 Å².